The van der Waals surface area contributed by atoms with E-state index in [2.05, 4.69) is 10.0 Å². The second-order valence-corrected chi connectivity index (χ2v) is 8.28. The van der Waals surface area contributed by atoms with Gasteiger partial charge in [0.05, 0.1) is 18.4 Å². The van der Waals surface area contributed by atoms with Crippen molar-refractivity contribution in [1.29, 1.82) is 0 Å². The van der Waals surface area contributed by atoms with Crippen LogP contribution < -0.4 is 14.8 Å². The normalized spacial score (nSPS) is 11.0. The third kappa shape index (κ3) is 5.15. The van der Waals surface area contributed by atoms with Gasteiger partial charge in [-0.1, -0.05) is 24.3 Å². The van der Waals surface area contributed by atoms with Crippen molar-refractivity contribution in [2.45, 2.75) is 18.2 Å². The van der Waals surface area contributed by atoms with E-state index in [1.165, 1.54) is 25.3 Å². The second-order valence-electron chi connectivity index (χ2n) is 6.63. The van der Waals surface area contributed by atoms with Crippen molar-refractivity contribution in [2.75, 3.05) is 17.1 Å². The summed E-state index contributed by atoms with van der Waals surface area (Å²) >= 11 is 0. The number of ether oxygens (including phenoxy) is 1. The van der Waals surface area contributed by atoms with Crippen LogP contribution in [0.15, 0.2) is 71.6 Å². The zero-order valence-corrected chi connectivity index (χ0v) is 17.3. The van der Waals surface area contributed by atoms with Crippen LogP contribution >= 0.6 is 0 Å². The van der Waals surface area contributed by atoms with Gasteiger partial charge < -0.3 is 10.1 Å². The number of sulfonamides is 1. The molecule has 0 aliphatic carbocycles. The summed E-state index contributed by atoms with van der Waals surface area (Å²) in [6.45, 7) is 1.66. The monoisotopic (exact) mass is 428 g/mol. The van der Waals surface area contributed by atoms with E-state index in [0.29, 0.717) is 22.7 Å². The van der Waals surface area contributed by atoms with Gasteiger partial charge in [0.25, 0.3) is 10.0 Å². The highest BCUT2D eigenvalue weighted by atomic mass is 32.2. The maximum absolute atomic E-state index is 13.7. The Morgan fingerprint density at radius 1 is 1.00 bits per heavy atom. The van der Waals surface area contributed by atoms with Crippen LogP contribution in [0.2, 0.25) is 0 Å². The Morgan fingerprint density at radius 2 is 1.67 bits per heavy atom. The van der Waals surface area contributed by atoms with Crippen molar-refractivity contribution in [3.05, 3.63) is 83.7 Å². The molecule has 1 amide bonds. The fourth-order valence-corrected chi connectivity index (χ4v) is 4.19. The SMILES string of the molecule is COc1ccc(NS(=O)(=O)c2cc(NC(=O)Cc3ccccc3F)ccc2C)cc1. The number of carbonyl (C=O) groups is 1. The highest BCUT2D eigenvalue weighted by Crippen LogP contribution is 2.24. The molecule has 0 saturated heterocycles. The van der Waals surface area contributed by atoms with Gasteiger partial charge in [-0.25, -0.2) is 12.8 Å². The number of hydrogen-bond donors (Lipinski definition) is 2. The molecular weight excluding hydrogens is 407 g/mol. The fourth-order valence-electron chi connectivity index (χ4n) is 2.86. The van der Waals surface area contributed by atoms with Gasteiger partial charge in [-0.15, -0.1) is 0 Å². The van der Waals surface area contributed by atoms with Crippen molar-refractivity contribution >= 4 is 27.3 Å². The highest BCUT2D eigenvalue weighted by molar-refractivity contribution is 7.92. The van der Waals surface area contributed by atoms with Crippen molar-refractivity contribution in [2.24, 2.45) is 0 Å². The molecule has 3 rings (SSSR count). The van der Waals surface area contributed by atoms with Crippen molar-refractivity contribution < 1.29 is 22.3 Å². The molecule has 0 saturated carbocycles. The fraction of sp³-hybridized carbons (Fsp3) is 0.136. The molecule has 8 heteroatoms. The predicted molar refractivity (Wildman–Crippen MR) is 114 cm³/mol. The topological polar surface area (TPSA) is 84.5 Å². The van der Waals surface area contributed by atoms with Gasteiger partial charge in [-0.3, -0.25) is 9.52 Å². The largest absolute Gasteiger partial charge is 0.497 e. The molecule has 0 spiro atoms. The molecule has 6 nitrogen and oxygen atoms in total. The maximum Gasteiger partial charge on any atom is 0.262 e. The molecule has 3 aromatic carbocycles. The minimum absolute atomic E-state index is 0.0296. The molecule has 0 aromatic heterocycles. The molecule has 3 aromatic rings. The first-order valence-corrected chi connectivity index (χ1v) is 10.6. The minimum atomic E-state index is -3.89. The van der Waals surface area contributed by atoms with Crippen molar-refractivity contribution in [3.63, 3.8) is 0 Å². The van der Waals surface area contributed by atoms with Gasteiger partial charge in [0, 0.05) is 11.4 Å². The van der Waals surface area contributed by atoms with E-state index in [-0.39, 0.29) is 16.9 Å². The lowest BCUT2D eigenvalue weighted by molar-refractivity contribution is -0.115. The van der Waals surface area contributed by atoms with Gasteiger partial charge in [-0.2, -0.15) is 0 Å². The number of carbonyl (C=O) groups excluding carboxylic acids is 1. The number of aryl methyl sites for hydroxylation is 1. The molecule has 0 fully saturated rings. The Bertz CT molecular complexity index is 1160. The molecule has 2 N–H and O–H groups in total. The van der Waals surface area contributed by atoms with Gasteiger partial charge >= 0.3 is 0 Å². The van der Waals surface area contributed by atoms with Crippen LogP contribution in [0.1, 0.15) is 11.1 Å². The van der Waals surface area contributed by atoms with E-state index in [0.717, 1.165) is 0 Å². The molecular formula is C22H21FN2O4S. The van der Waals surface area contributed by atoms with E-state index < -0.39 is 21.7 Å². The molecule has 0 unspecified atom stereocenters. The third-order valence-corrected chi connectivity index (χ3v) is 5.94. The molecule has 0 aliphatic rings. The minimum Gasteiger partial charge on any atom is -0.497 e. The first kappa shape index (κ1) is 21.3. The van der Waals surface area contributed by atoms with Crippen LogP contribution in [0, 0.1) is 12.7 Å². The van der Waals surface area contributed by atoms with Gasteiger partial charge in [0.1, 0.15) is 11.6 Å². The lowest BCUT2D eigenvalue weighted by Gasteiger charge is -2.13. The summed E-state index contributed by atoms with van der Waals surface area (Å²) in [4.78, 5) is 12.3. The first-order chi connectivity index (χ1) is 14.3. The zero-order chi connectivity index (χ0) is 21.7. The molecule has 0 atom stereocenters. The number of methoxy groups -OCH3 is 1. The molecule has 0 heterocycles. The van der Waals surface area contributed by atoms with Crippen LogP contribution in [0.25, 0.3) is 0 Å². The summed E-state index contributed by atoms with van der Waals surface area (Å²) < 4.78 is 47.0. The number of halogens is 1. The predicted octanol–water partition coefficient (Wildman–Crippen LogP) is 4.12. The maximum atomic E-state index is 13.7. The van der Waals surface area contributed by atoms with Crippen LogP contribution in [-0.4, -0.2) is 21.4 Å². The summed E-state index contributed by atoms with van der Waals surface area (Å²) in [5.41, 5.74) is 1.46. The van der Waals surface area contributed by atoms with E-state index in [1.54, 1.807) is 55.5 Å². The number of benzene rings is 3. The van der Waals surface area contributed by atoms with E-state index >= 15 is 0 Å². The first-order valence-electron chi connectivity index (χ1n) is 9.09. The van der Waals surface area contributed by atoms with Gasteiger partial charge in [0.2, 0.25) is 5.91 Å². The summed E-state index contributed by atoms with van der Waals surface area (Å²) in [5, 5.41) is 2.62. The Balaban J connectivity index is 1.78. The average molecular weight is 428 g/mol. The number of nitrogens with one attached hydrogen (secondary N) is 2. The quantitative estimate of drug-likeness (QED) is 0.593. The van der Waals surface area contributed by atoms with E-state index in [4.69, 9.17) is 4.74 Å². The molecule has 156 valence electrons. The zero-order valence-electron chi connectivity index (χ0n) is 16.5. The van der Waals surface area contributed by atoms with Crippen molar-refractivity contribution in [1.82, 2.24) is 0 Å². The molecule has 0 bridgehead atoms. The van der Waals surface area contributed by atoms with Gasteiger partial charge in [-0.05, 0) is 60.5 Å². The smallest absolute Gasteiger partial charge is 0.262 e. The Hall–Kier alpha value is -3.39. The van der Waals surface area contributed by atoms with Crippen LogP contribution in [0.3, 0.4) is 0 Å². The summed E-state index contributed by atoms with van der Waals surface area (Å²) in [7, 11) is -2.37. The van der Waals surface area contributed by atoms with Crippen LogP contribution in [0.4, 0.5) is 15.8 Å². The van der Waals surface area contributed by atoms with Crippen LogP contribution in [0.5, 0.6) is 5.75 Å². The number of hydrogen-bond acceptors (Lipinski definition) is 4. The number of amides is 1. The Kier molecular flexibility index (Phi) is 6.37. The summed E-state index contributed by atoms with van der Waals surface area (Å²) in [6, 6.07) is 17.0. The number of rotatable bonds is 7. The Labute approximate surface area is 174 Å². The van der Waals surface area contributed by atoms with Gasteiger partial charge in [0.15, 0.2) is 0 Å². The standard InChI is InChI=1S/C22H21FN2O4S/c1-15-7-8-18(24-22(26)13-16-5-3-4-6-20(16)23)14-21(15)30(27,28)25-17-9-11-19(29-2)12-10-17/h3-12,14,25H,13H2,1-2H3,(H,24,26). The van der Waals surface area contributed by atoms with Crippen LogP contribution in [-0.2, 0) is 21.2 Å². The summed E-state index contributed by atoms with van der Waals surface area (Å²) in [6.07, 6.45) is -0.160. The van der Waals surface area contributed by atoms with E-state index in [9.17, 15) is 17.6 Å². The van der Waals surface area contributed by atoms with Crippen molar-refractivity contribution in [3.8, 4) is 5.75 Å². The second kappa shape index (κ2) is 8.96. The molecule has 30 heavy (non-hydrogen) atoms. The Morgan fingerprint density at radius 3 is 2.33 bits per heavy atom. The molecule has 0 radical (unpaired) electrons. The highest BCUT2D eigenvalue weighted by Gasteiger charge is 2.18. The lowest BCUT2D eigenvalue weighted by atomic mass is 10.1. The average Bonchev–Trinajstić information content (AvgIpc) is 2.71. The lowest BCUT2D eigenvalue weighted by Crippen LogP contribution is -2.17. The van der Waals surface area contributed by atoms with E-state index in [1.807, 2.05) is 0 Å². The third-order valence-electron chi connectivity index (χ3n) is 4.41. The summed E-state index contributed by atoms with van der Waals surface area (Å²) in [5.74, 6) is -0.312. The number of anilines is 2. The molecule has 0 aliphatic heterocycles.